The molecule has 1 aliphatic carbocycles. The van der Waals surface area contributed by atoms with Gasteiger partial charge in [0.25, 0.3) is 0 Å². The van der Waals surface area contributed by atoms with E-state index in [1.165, 1.54) is 43.9 Å². The topological polar surface area (TPSA) is 0 Å². The van der Waals surface area contributed by atoms with Crippen LogP contribution in [0.15, 0.2) is 24.3 Å². The summed E-state index contributed by atoms with van der Waals surface area (Å²) in [5.41, 5.74) is 0. The highest BCUT2D eigenvalue weighted by Gasteiger charge is 2.18. The zero-order valence-electron chi connectivity index (χ0n) is 10.9. The van der Waals surface area contributed by atoms with E-state index in [-0.39, 0.29) is 6.67 Å². The zero-order chi connectivity index (χ0) is 14.1. The molecule has 108 valence electrons. The van der Waals surface area contributed by atoms with E-state index in [9.17, 15) is 13.2 Å². The molecule has 0 unspecified atom stereocenters. The number of halogens is 4. The average molecular weight is 384 g/mol. The van der Waals surface area contributed by atoms with Crippen LogP contribution in [0.4, 0.5) is 13.2 Å². The largest absolute Gasteiger partial charge is 0.251 e. The normalized spacial score (nSPS) is 22.5. The Labute approximate surface area is 126 Å². The van der Waals surface area contributed by atoms with E-state index < -0.39 is 11.6 Å². The van der Waals surface area contributed by atoms with Crippen molar-refractivity contribution in [3.63, 3.8) is 0 Å². The Morgan fingerprint density at radius 1 is 1.05 bits per heavy atom. The second kappa shape index (κ2) is 9.61. The van der Waals surface area contributed by atoms with Gasteiger partial charge in [0.05, 0.1) is 6.67 Å². The Morgan fingerprint density at radius 3 is 2.05 bits per heavy atom. The molecule has 0 nitrogen and oxygen atoms in total. The van der Waals surface area contributed by atoms with Gasteiger partial charge in [-0.2, -0.15) is 0 Å². The third-order valence-corrected chi connectivity index (χ3v) is 4.55. The summed E-state index contributed by atoms with van der Waals surface area (Å²) in [4.78, 5) is 0. The minimum atomic E-state index is -0.537. The minimum Gasteiger partial charge on any atom is -0.251 e. The van der Waals surface area contributed by atoms with Gasteiger partial charge in [0.2, 0.25) is 0 Å². The molecular weight excluding hydrogens is 364 g/mol. The first-order valence-electron chi connectivity index (χ1n) is 6.73. The minimum absolute atomic E-state index is 0.121. The molecule has 1 aromatic rings. The van der Waals surface area contributed by atoms with Crippen LogP contribution in [-0.2, 0) is 0 Å². The number of hydrogen-bond acceptors (Lipinski definition) is 0. The van der Waals surface area contributed by atoms with Crippen LogP contribution in [0.25, 0.3) is 0 Å². The maximum Gasteiger partial charge on any atom is 0.126 e. The van der Waals surface area contributed by atoms with Crippen LogP contribution in [-0.4, -0.2) is 10.6 Å². The third kappa shape index (κ3) is 7.80. The van der Waals surface area contributed by atoms with Gasteiger partial charge in [-0.1, -0.05) is 28.7 Å². The van der Waals surface area contributed by atoms with Crippen molar-refractivity contribution in [1.82, 2.24) is 0 Å². The molecule has 1 saturated carbocycles. The molecule has 0 radical (unpaired) electrons. The summed E-state index contributed by atoms with van der Waals surface area (Å²) in [7, 11) is 0. The molecule has 4 heteroatoms. The summed E-state index contributed by atoms with van der Waals surface area (Å²) in [6.07, 6.45) is 7.31. The first-order valence-corrected chi connectivity index (χ1v) is 7.97. The smallest absolute Gasteiger partial charge is 0.126 e. The van der Waals surface area contributed by atoms with Crippen molar-refractivity contribution in [2.75, 3.05) is 6.67 Å². The van der Waals surface area contributed by atoms with Gasteiger partial charge in [-0.3, -0.25) is 4.39 Å². The van der Waals surface area contributed by atoms with Crippen LogP contribution in [0, 0.1) is 17.6 Å². The Morgan fingerprint density at radius 2 is 1.63 bits per heavy atom. The average Bonchev–Trinajstić information content (AvgIpc) is 2.39. The van der Waals surface area contributed by atoms with E-state index in [1.807, 2.05) is 0 Å². The van der Waals surface area contributed by atoms with Crippen molar-refractivity contribution in [3.8, 4) is 0 Å². The lowest BCUT2D eigenvalue weighted by molar-refractivity contribution is 0.324. The molecule has 0 aromatic heterocycles. The van der Waals surface area contributed by atoms with Crippen LogP contribution in [0.3, 0.4) is 0 Å². The summed E-state index contributed by atoms with van der Waals surface area (Å²) in [5.74, 6) is -0.230. The maximum atomic E-state index is 11.9. The predicted molar refractivity (Wildman–Crippen MR) is 81.3 cm³/mol. The lowest BCUT2D eigenvalue weighted by Crippen LogP contribution is -2.13. The molecule has 0 spiro atoms. The van der Waals surface area contributed by atoms with Gasteiger partial charge >= 0.3 is 0 Å². The fraction of sp³-hybridized carbons (Fsp3) is 0.600. The van der Waals surface area contributed by atoms with Gasteiger partial charge in [0, 0.05) is 9.99 Å². The Kier molecular flexibility index (Phi) is 8.50. The SMILES string of the molecule is FCCCC1CCC(I)CC1.Fc1cccc(F)c1. The summed E-state index contributed by atoms with van der Waals surface area (Å²) >= 11 is 2.53. The van der Waals surface area contributed by atoms with Gasteiger partial charge in [-0.15, -0.1) is 0 Å². The molecule has 0 atom stereocenters. The number of rotatable bonds is 3. The molecular formula is C15H20F3I. The van der Waals surface area contributed by atoms with Gasteiger partial charge in [0.15, 0.2) is 0 Å². The zero-order valence-corrected chi connectivity index (χ0v) is 13.1. The second-order valence-electron chi connectivity index (χ2n) is 4.89. The summed E-state index contributed by atoms with van der Waals surface area (Å²) in [6, 6.07) is 4.55. The molecule has 0 bridgehead atoms. The van der Waals surface area contributed by atoms with Gasteiger partial charge in [-0.25, -0.2) is 8.78 Å². The first-order chi connectivity index (χ1) is 9.11. The number of benzene rings is 1. The Hall–Kier alpha value is -0.260. The summed E-state index contributed by atoms with van der Waals surface area (Å²) < 4.78 is 36.6. The lowest BCUT2D eigenvalue weighted by atomic mass is 9.86. The standard InChI is InChI=1S/C9H16FI.C6H4F2/c10-7-1-2-8-3-5-9(11)6-4-8;7-5-2-1-3-6(8)4-5/h8-9H,1-7H2;1-4H. The molecule has 0 aliphatic heterocycles. The highest BCUT2D eigenvalue weighted by Crippen LogP contribution is 2.31. The molecule has 0 saturated heterocycles. The lowest BCUT2D eigenvalue weighted by Gasteiger charge is -2.24. The van der Waals surface area contributed by atoms with Crippen molar-refractivity contribution in [2.24, 2.45) is 5.92 Å². The van der Waals surface area contributed by atoms with Crippen LogP contribution in [0.1, 0.15) is 38.5 Å². The van der Waals surface area contributed by atoms with Crippen LogP contribution < -0.4 is 0 Å². The molecule has 1 fully saturated rings. The van der Waals surface area contributed by atoms with Gasteiger partial charge in [-0.05, 0) is 56.6 Å². The number of hydrogen-bond donors (Lipinski definition) is 0. The number of alkyl halides is 2. The predicted octanol–water partition coefficient (Wildman–Crippen LogP) is 5.69. The Balaban J connectivity index is 0.000000200. The van der Waals surface area contributed by atoms with Crippen LogP contribution in [0.2, 0.25) is 0 Å². The van der Waals surface area contributed by atoms with Crippen molar-refractivity contribution < 1.29 is 13.2 Å². The quantitative estimate of drug-likeness (QED) is 0.464. The molecule has 2 rings (SSSR count). The van der Waals surface area contributed by atoms with E-state index >= 15 is 0 Å². The van der Waals surface area contributed by atoms with E-state index in [0.717, 1.165) is 28.8 Å². The second-order valence-corrected chi connectivity index (χ2v) is 6.65. The van der Waals surface area contributed by atoms with Crippen LogP contribution in [0.5, 0.6) is 0 Å². The van der Waals surface area contributed by atoms with Crippen molar-refractivity contribution in [3.05, 3.63) is 35.9 Å². The molecule has 0 heterocycles. The van der Waals surface area contributed by atoms with Crippen molar-refractivity contribution >= 4 is 22.6 Å². The van der Waals surface area contributed by atoms with E-state index in [1.54, 1.807) is 0 Å². The highest BCUT2D eigenvalue weighted by atomic mass is 127. The van der Waals surface area contributed by atoms with Gasteiger partial charge in [0.1, 0.15) is 11.6 Å². The highest BCUT2D eigenvalue weighted by molar-refractivity contribution is 14.1. The first kappa shape index (κ1) is 16.8. The summed E-state index contributed by atoms with van der Waals surface area (Å²) in [5, 5.41) is 0. The van der Waals surface area contributed by atoms with E-state index in [0.29, 0.717) is 0 Å². The van der Waals surface area contributed by atoms with Crippen molar-refractivity contribution in [1.29, 1.82) is 0 Å². The molecule has 1 aliphatic rings. The fourth-order valence-electron chi connectivity index (χ4n) is 2.24. The van der Waals surface area contributed by atoms with Crippen LogP contribution >= 0.6 is 22.6 Å². The van der Waals surface area contributed by atoms with E-state index in [4.69, 9.17) is 0 Å². The maximum absolute atomic E-state index is 11.9. The molecule has 0 amide bonds. The fourth-order valence-corrected chi connectivity index (χ4v) is 2.96. The van der Waals surface area contributed by atoms with E-state index in [2.05, 4.69) is 22.6 Å². The molecule has 0 N–H and O–H groups in total. The van der Waals surface area contributed by atoms with Crippen molar-refractivity contribution in [2.45, 2.75) is 42.4 Å². The Bertz CT molecular complexity index is 329. The monoisotopic (exact) mass is 384 g/mol. The third-order valence-electron chi connectivity index (χ3n) is 3.31. The molecule has 1 aromatic carbocycles. The summed E-state index contributed by atoms with van der Waals surface area (Å²) in [6.45, 7) is -0.121. The molecule has 19 heavy (non-hydrogen) atoms. The van der Waals surface area contributed by atoms with Gasteiger partial charge < -0.3 is 0 Å².